The Hall–Kier alpha value is -2.37. The molecule has 27 heavy (non-hydrogen) atoms. The molecule has 144 valence electrons. The maximum Gasteiger partial charge on any atom is 0.265 e. The van der Waals surface area contributed by atoms with Gasteiger partial charge in [0, 0.05) is 24.1 Å². The molecule has 6 nitrogen and oxygen atoms in total. The van der Waals surface area contributed by atoms with Crippen molar-refractivity contribution in [2.24, 2.45) is 21.8 Å². The van der Waals surface area contributed by atoms with Crippen molar-refractivity contribution >= 4 is 23.2 Å². The number of carbonyl (C=O) groups is 2. The van der Waals surface area contributed by atoms with Crippen LogP contribution in [0.3, 0.4) is 0 Å². The number of amides is 2. The van der Waals surface area contributed by atoms with Gasteiger partial charge in [-0.25, -0.2) is 5.43 Å². The highest BCUT2D eigenvalue weighted by molar-refractivity contribution is 5.98. The number of nitrogens with one attached hydrogen (secondary N) is 1. The molecule has 2 fully saturated rings. The molecule has 1 heterocycles. The van der Waals surface area contributed by atoms with Crippen LogP contribution in [0.25, 0.3) is 0 Å². The van der Waals surface area contributed by atoms with Gasteiger partial charge in [0.2, 0.25) is 5.91 Å². The van der Waals surface area contributed by atoms with Crippen molar-refractivity contribution in [1.82, 2.24) is 5.43 Å². The zero-order chi connectivity index (χ0) is 19.2. The first-order valence-corrected chi connectivity index (χ1v) is 9.71. The van der Waals surface area contributed by atoms with E-state index in [0.717, 1.165) is 24.2 Å². The van der Waals surface area contributed by atoms with E-state index < -0.39 is 0 Å². The number of nitrogens with zero attached hydrogens (tertiary/aromatic N) is 2. The first-order chi connectivity index (χ1) is 12.8. The number of fused-ring (bicyclic) bond motifs is 3. The lowest BCUT2D eigenvalue weighted by Gasteiger charge is -2.34. The van der Waals surface area contributed by atoms with E-state index in [4.69, 9.17) is 4.74 Å². The van der Waals surface area contributed by atoms with E-state index in [-0.39, 0.29) is 35.7 Å². The Labute approximate surface area is 159 Å². The third kappa shape index (κ3) is 2.82. The zero-order valence-electron chi connectivity index (χ0n) is 16.2. The second kappa shape index (κ2) is 6.36. The number of para-hydroxylation sites is 2. The predicted octanol–water partition coefficient (Wildman–Crippen LogP) is 3.12. The molecule has 2 saturated carbocycles. The van der Waals surface area contributed by atoms with Gasteiger partial charge >= 0.3 is 0 Å². The molecule has 0 spiro atoms. The van der Waals surface area contributed by atoms with E-state index in [2.05, 4.69) is 31.3 Å². The SMILES string of the molecule is CC1(C)[C@H]2CC[C@]1(C)/C(=N/NC(=O)CCN1C(=O)COc3ccccc31)C2. The quantitative estimate of drug-likeness (QED) is 0.829. The van der Waals surface area contributed by atoms with Crippen molar-refractivity contribution in [1.29, 1.82) is 0 Å². The normalized spacial score (nSPS) is 29.6. The Bertz CT molecular complexity index is 817. The maximum absolute atomic E-state index is 12.3. The summed E-state index contributed by atoms with van der Waals surface area (Å²) in [5.41, 5.74) is 4.87. The molecule has 1 N–H and O–H groups in total. The standard InChI is InChI=1S/C21H27N3O3/c1-20(2)14-8-10-21(20,3)17(12-14)22-23-18(25)9-11-24-15-6-4-5-7-16(15)27-13-19(24)26/h4-7,14H,8-13H2,1-3H3,(H,23,25)/b22-17+/t14-,21+/m0/s1. The van der Waals surface area contributed by atoms with Gasteiger partial charge in [0.15, 0.2) is 6.61 Å². The van der Waals surface area contributed by atoms with Gasteiger partial charge in [0.05, 0.1) is 5.69 Å². The minimum atomic E-state index is -0.163. The number of hydrogen-bond donors (Lipinski definition) is 1. The van der Waals surface area contributed by atoms with Gasteiger partial charge in [-0.2, -0.15) is 5.10 Å². The van der Waals surface area contributed by atoms with Gasteiger partial charge in [0.1, 0.15) is 5.75 Å². The number of benzene rings is 1. The van der Waals surface area contributed by atoms with Crippen LogP contribution in [0.5, 0.6) is 5.75 Å². The van der Waals surface area contributed by atoms with Crippen molar-refractivity contribution in [3.63, 3.8) is 0 Å². The lowest BCUT2D eigenvalue weighted by Crippen LogP contribution is -2.41. The van der Waals surface area contributed by atoms with Crippen LogP contribution in [0, 0.1) is 16.7 Å². The molecule has 2 bridgehead atoms. The molecule has 0 radical (unpaired) electrons. The number of hydrazone groups is 1. The molecule has 0 unspecified atom stereocenters. The Kier molecular flexibility index (Phi) is 4.24. The summed E-state index contributed by atoms with van der Waals surface area (Å²) in [6.45, 7) is 7.23. The Morgan fingerprint density at radius 1 is 1.33 bits per heavy atom. The Morgan fingerprint density at radius 3 is 2.81 bits per heavy atom. The van der Waals surface area contributed by atoms with E-state index in [9.17, 15) is 9.59 Å². The third-order valence-electron chi connectivity index (χ3n) is 7.20. The molecule has 1 aliphatic heterocycles. The van der Waals surface area contributed by atoms with E-state index in [1.54, 1.807) is 4.90 Å². The lowest BCUT2D eigenvalue weighted by atomic mass is 9.70. The van der Waals surface area contributed by atoms with Crippen molar-refractivity contribution in [2.45, 2.75) is 46.5 Å². The van der Waals surface area contributed by atoms with Crippen molar-refractivity contribution in [3.05, 3.63) is 24.3 Å². The minimum absolute atomic E-state index is 0.00968. The molecule has 0 aromatic heterocycles. The Balaban J connectivity index is 1.38. The van der Waals surface area contributed by atoms with E-state index in [0.29, 0.717) is 18.2 Å². The predicted molar refractivity (Wildman–Crippen MR) is 104 cm³/mol. The summed E-state index contributed by atoms with van der Waals surface area (Å²) >= 11 is 0. The summed E-state index contributed by atoms with van der Waals surface area (Å²) < 4.78 is 5.43. The van der Waals surface area contributed by atoms with Crippen LogP contribution in [0.4, 0.5) is 5.69 Å². The summed E-state index contributed by atoms with van der Waals surface area (Å²) in [6.07, 6.45) is 3.56. The molecule has 3 aliphatic rings. The minimum Gasteiger partial charge on any atom is -0.482 e. The highest BCUT2D eigenvalue weighted by Crippen LogP contribution is 2.63. The average Bonchev–Trinajstić information content (AvgIpc) is 2.99. The van der Waals surface area contributed by atoms with Gasteiger partial charge < -0.3 is 9.64 Å². The second-order valence-corrected chi connectivity index (χ2v) is 8.64. The van der Waals surface area contributed by atoms with Crippen LogP contribution in [-0.4, -0.2) is 30.7 Å². The van der Waals surface area contributed by atoms with Gasteiger partial charge in [-0.05, 0) is 42.7 Å². The fourth-order valence-corrected chi connectivity index (χ4v) is 4.90. The Morgan fingerprint density at radius 2 is 2.11 bits per heavy atom. The fraction of sp³-hybridized carbons (Fsp3) is 0.571. The summed E-state index contributed by atoms with van der Waals surface area (Å²) in [5.74, 6) is 1.04. The first kappa shape index (κ1) is 18.0. The summed E-state index contributed by atoms with van der Waals surface area (Å²) in [5, 5.41) is 4.49. The number of rotatable bonds is 4. The van der Waals surface area contributed by atoms with Gasteiger partial charge in [-0.3, -0.25) is 9.59 Å². The maximum atomic E-state index is 12.3. The van der Waals surface area contributed by atoms with Crippen molar-refractivity contribution in [3.8, 4) is 5.75 Å². The second-order valence-electron chi connectivity index (χ2n) is 8.64. The summed E-state index contributed by atoms with van der Waals surface area (Å²) in [6, 6.07) is 7.39. The van der Waals surface area contributed by atoms with Crippen LogP contribution in [0.1, 0.15) is 46.5 Å². The zero-order valence-corrected chi connectivity index (χ0v) is 16.2. The van der Waals surface area contributed by atoms with Crippen molar-refractivity contribution in [2.75, 3.05) is 18.1 Å². The molecule has 2 atom stereocenters. The number of ether oxygens (including phenoxy) is 1. The van der Waals surface area contributed by atoms with Gasteiger partial charge in [0.25, 0.3) is 5.91 Å². The largest absolute Gasteiger partial charge is 0.482 e. The number of carbonyl (C=O) groups excluding carboxylic acids is 2. The molecule has 2 amide bonds. The number of hydrogen-bond acceptors (Lipinski definition) is 4. The fourth-order valence-electron chi connectivity index (χ4n) is 4.90. The van der Waals surface area contributed by atoms with Crippen LogP contribution in [0.15, 0.2) is 29.4 Å². The van der Waals surface area contributed by atoms with E-state index in [1.807, 2.05) is 24.3 Å². The van der Waals surface area contributed by atoms with Gasteiger partial charge in [-0.15, -0.1) is 0 Å². The van der Waals surface area contributed by atoms with Crippen LogP contribution in [0.2, 0.25) is 0 Å². The summed E-state index contributed by atoms with van der Waals surface area (Å²) in [7, 11) is 0. The topological polar surface area (TPSA) is 71.0 Å². The first-order valence-electron chi connectivity index (χ1n) is 9.71. The van der Waals surface area contributed by atoms with Crippen LogP contribution < -0.4 is 15.1 Å². The summed E-state index contributed by atoms with van der Waals surface area (Å²) in [4.78, 5) is 26.1. The highest BCUT2D eigenvalue weighted by atomic mass is 16.5. The molecule has 1 aromatic carbocycles. The molecular formula is C21H27N3O3. The highest BCUT2D eigenvalue weighted by Gasteiger charge is 2.60. The molecular weight excluding hydrogens is 342 g/mol. The van der Waals surface area contributed by atoms with E-state index in [1.165, 1.54) is 6.42 Å². The molecule has 6 heteroatoms. The molecule has 4 rings (SSSR count). The lowest BCUT2D eigenvalue weighted by molar-refractivity contribution is -0.122. The number of anilines is 1. The molecule has 0 saturated heterocycles. The van der Waals surface area contributed by atoms with Gasteiger partial charge in [-0.1, -0.05) is 32.9 Å². The van der Waals surface area contributed by atoms with Crippen LogP contribution >= 0.6 is 0 Å². The average molecular weight is 369 g/mol. The smallest absolute Gasteiger partial charge is 0.265 e. The van der Waals surface area contributed by atoms with E-state index >= 15 is 0 Å². The monoisotopic (exact) mass is 369 g/mol. The molecule has 2 aliphatic carbocycles. The third-order valence-corrected chi connectivity index (χ3v) is 7.20. The van der Waals surface area contributed by atoms with Crippen LogP contribution in [-0.2, 0) is 9.59 Å². The van der Waals surface area contributed by atoms with Crippen molar-refractivity contribution < 1.29 is 14.3 Å². The molecule has 1 aromatic rings.